The van der Waals surface area contributed by atoms with Crippen molar-refractivity contribution in [1.82, 2.24) is 10.6 Å². The summed E-state index contributed by atoms with van der Waals surface area (Å²) >= 11 is 0. The van der Waals surface area contributed by atoms with E-state index < -0.39 is 72.6 Å². The fourth-order valence-corrected chi connectivity index (χ4v) is 5.22. The Hall–Kier alpha value is -9.22. The standard InChI is InChI=1S/C40H38N8O16/c41-39(42)45-23-5-1-19(2-6-23)37(59)63-27-13-21(33(53)47-29(35(55)56)17-31(49)50)11-25(15-27)61-9-10-62-26-12-22(34(54)48-30(36(57)58)18-32(51)52)14-28(16-26)64-38(60)20-3-7-24(8-4-20)46-40(43)44/h1-8,11-16,29-30H,9-10,17-18H2,(H,47,53)(H,48,54)(H,49,50)(H,51,52)(H,55,56)(H,57,58)(H4,41,42,45)(H4,43,44,46)/t29-,30?/m1/s1. The third-order valence-corrected chi connectivity index (χ3v) is 8.01. The number of carboxylic acid groups (broad SMARTS) is 4. The molecule has 0 fully saturated rings. The average molecular weight is 887 g/mol. The van der Waals surface area contributed by atoms with Crippen LogP contribution in [0.15, 0.2) is 94.9 Å². The van der Waals surface area contributed by atoms with Crippen LogP contribution in [0.25, 0.3) is 0 Å². The third-order valence-electron chi connectivity index (χ3n) is 8.01. The number of carbonyl (C=O) groups is 8. The van der Waals surface area contributed by atoms with Gasteiger partial charge in [0.25, 0.3) is 11.8 Å². The molecule has 0 saturated carbocycles. The van der Waals surface area contributed by atoms with Crippen molar-refractivity contribution in [3.8, 4) is 23.0 Å². The zero-order chi connectivity index (χ0) is 47.1. The van der Waals surface area contributed by atoms with E-state index in [0.29, 0.717) is 11.4 Å². The van der Waals surface area contributed by atoms with Gasteiger partial charge in [0.2, 0.25) is 0 Å². The minimum absolute atomic E-state index is 0.0229. The molecule has 2 atom stereocenters. The number of nitrogens with zero attached hydrogens (tertiary/aromatic N) is 2. The zero-order valence-corrected chi connectivity index (χ0v) is 33.0. The quantitative estimate of drug-likeness (QED) is 0.0181. The average Bonchev–Trinajstić information content (AvgIpc) is 3.21. The summed E-state index contributed by atoms with van der Waals surface area (Å²) in [6.07, 6.45) is -1.93. The van der Waals surface area contributed by atoms with Gasteiger partial charge in [-0.3, -0.25) is 19.2 Å². The third kappa shape index (κ3) is 14.8. The van der Waals surface area contributed by atoms with E-state index in [1.807, 2.05) is 0 Å². The number of amides is 2. The number of aliphatic imine (C=N–C) groups is 2. The van der Waals surface area contributed by atoms with E-state index in [2.05, 4.69) is 20.6 Å². The first-order valence-corrected chi connectivity index (χ1v) is 18.2. The van der Waals surface area contributed by atoms with Gasteiger partial charge in [-0.05, 0) is 72.8 Å². The van der Waals surface area contributed by atoms with Crippen LogP contribution in [-0.4, -0.2) is 105 Å². The Morgan fingerprint density at radius 1 is 0.484 bits per heavy atom. The molecule has 0 spiro atoms. The number of carboxylic acids is 4. The largest absolute Gasteiger partial charge is 0.490 e. The smallest absolute Gasteiger partial charge is 0.343 e. The van der Waals surface area contributed by atoms with Gasteiger partial charge >= 0.3 is 35.8 Å². The molecule has 4 rings (SSSR count). The van der Waals surface area contributed by atoms with E-state index in [1.165, 1.54) is 60.7 Å². The molecule has 0 heterocycles. The highest BCUT2D eigenvalue weighted by atomic mass is 16.5. The highest BCUT2D eigenvalue weighted by Gasteiger charge is 2.26. The molecule has 0 radical (unpaired) electrons. The fourth-order valence-electron chi connectivity index (χ4n) is 5.22. The Balaban J connectivity index is 1.59. The summed E-state index contributed by atoms with van der Waals surface area (Å²) < 4.78 is 22.4. The number of hydrogen-bond acceptors (Lipinski definition) is 14. The minimum atomic E-state index is -1.84. The number of aliphatic carboxylic acids is 4. The first kappa shape index (κ1) is 47.5. The van der Waals surface area contributed by atoms with Crippen molar-refractivity contribution in [3.05, 3.63) is 107 Å². The van der Waals surface area contributed by atoms with Crippen molar-refractivity contribution in [2.45, 2.75) is 24.9 Å². The lowest BCUT2D eigenvalue weighted by molar-refractivity contribution is -0.145. The summed E-state index contributed by atoms with van der Waals surface area (Å²) in [6.45, 7) is -0.705. The molecule has 0 aliphatic rings. The van der Waals surface area contributed by atoms with Crippen LogP contribution in [0.5, 0.6) is 23.0 Å². The van der Waals surface area contributed by atoms with E-state index >= 15 is 0 Å². The van der Waals surface area contributed by atoms with E-state index in [-0.39, 0.29) is 70.4 Å². The first-order valence-electron chi connectivity index (χ1n) is 18.2. The molecule has 4 aromatic rings. The number of carbonyl (C=O) groups excluding carboxylic acids is 4. The lowest BCUT2D eigenvalue weighted by Crippen LogP contribution is -2.42. The second-order valence-corrected chi connectivity index (χ2v) is 13.0. The Kier molecular flexibility index (Phi) is 16.2. The Morgan fingerprint density at radius 2 is 0.812 bits per heavy atom. The van der Waals surface area contributed by atoms with E-state index in [9.17, 15) is 48.6 Å². The summed E-state index contributed by atoms with van der Waals surface area (Å²) in [5.74, 6) is -11.6. The molecule has 24 heteroatoms. The van der Waals surface area contributed by atoms with Crippen molar-refractivity contribution >= 4 is 70.9 Å². The maximum Gasteiger partial charge on any atom is 0.343 e. The van der Waals surface area contributed by atoms with Gasteiger partial charge in [0.1, 0.15) is 48.3 Å². The summed E-state index contributed by atoms with van der Waals surface area (Å²) in [4.78, 5) is 106. The summed E-state index contributed by atoms with van der Waals surface area (Å²) in [6, 6.07) is 14.1. The van der Waals surface area contributed by atoms with Crippen LogP contribution >= 0.6 is 0 Å². The molecule has 64 heavy (non-hydrogen) atoms. The maximum absolute atomic E-state index is 13.2. The molecule has 14 N–H and O–H groups in total. The topological polar surface area (TPSA) is 407 Å². The SMILES string of the molecule is NC(N)=Nc1ccc(C(=O)Oc2cc(OCCOc3cc(OC(=O)c4ccc(N=C(N)N)cc4)cc(C(=O)N[C@H](CC(=O)O)C(=O)O)c3)cc(C(=O)NC(CC(=O)O)C(=O)O)c2)cc1. The van der Waals surface area contributed by atoms with Crippen LogP contribution in [0.1, 0.15) is 54.3 Å². The number of esters is 2. The number of benzene rings is 4. The molecular formula is C40H38N8O16. The van der Waals surface area contributed by atoms with Crippen LogP contribution in [0, 0.1) is 0 Å². The highest BCUT2D eigenvalue weighted by Crippen LogP contribution is 2.27. The lowest BCUT2D eigenvalue weighted by Gasteiger charge is -2.16. The molecule has 0 aliphatic carbocycles. The van der Waals surface area contributed by atoms with Gasteiger partial charge in [-0.2, -0.15) is 0 Å². The number of nitrogens with two attached hydrogens (primary N) is 4. The second kappa shape index (κ2) is 21.9. The van der Waals surface area contributed by atoms with Crippen molar-refractivity contribution in [3.63, 3.8) is 0 Å². The summed E-state index contributed by atoms with van der Waals surface area (Å²) in [5.41, 5.74) is 21.6. The minimum Gasteiger partial charge on any atom is -0.490 e. The van der Waals surface area contributed by atoms with Crippen molar-refractivity contribution in [2.75, 3.05) is 13.2 Å². The molecule has 0 aliphatic heterocycles. The number of nitrogens with one attached hydrogen (secondary N) is 2. The number of guanidine groups is 2. The van der Waals surface area contributed by atoms with Gasteiger partial charge in [-0.15, -0.1) is 0 Å². The lowest BCUT2D eigenvalue weighted by atomic mass is 10.1. The molecule has 24 nitrogen and oxygen atoms in total. The molecule has 4 aromatic carbocycles. The number of ether oxygens (including phenoxy) is 4. The number of rotatable bonds is 21. The molecule has 334 valence electrons. The highest BCUT2D eigenvalue weighted by molar-refractivity contribution is 6.00. The van der Waals surface area contributed by atoms with E-state index in [4.69, 9.17) is 52.1 Å². The number of hydrogen-bond donors (Lipinski definition) is 10. The van der Waals surface area contributed by atoms with Crippen LogP contribution in [-0.2, 0) is 19.2 Å². The Morgan fingerprint density at radius 3 is 1.11 bits per heavy atom. The van der Waals surface area contributed by atoms with E-state index in [0.717, 1.165) is 24.3 Å². The summed E-state index contributed by atoms with van der Waals surface area (Å²) in [7, 11) is 0. The van der Waals surface area contributed by atoms with Crippen molar-refractivity contribution < 1.29 is 77.7 Å². The van der Waals surface area contributed by atoms with Gasteiger partial charge in [-0.1, -0.05) is 0 Å². The molecule has 0 bridgehead atoms. The molecule has 0 aromatic heterocycles. The van der Waals surface area contributed by atoms with Gasteiger partial charge < -0.3 is 72.9 Å². The Labute approximate surface area is 360 Å². The predicted octanol–water partition coefficient (Wildman–Crippen LogP) is 0.708. The first-order chi connectivity index (χ1) is 30.3. The zero-order valence-electron chi connectivity index (χ0n) is 33.0. The van der Waals surface area contributed by atoms with Crippen LogP contribution in [0.3, 0.4) is 0 Å². The fraction of sp³-hybridized carbons (Fsp3) is 0.150. The monoisotopic (exact) mass is 886 g/mol. The van der Waals surface area contributed by atoms with Crippen LogP contribution in [0.2, 0.25) is 0 Å². The van der Waals surface area contributed by atoms with Gasteiger partial charge in [0.15, 0.2) is 11.9 Å². The van der Waals surface area contributed by atoms with Crippen LogP contribution < -0.4 is 52.5 Å². The second-order valence-electron chi connectivity index (χ2n) is 13.0. The summed E-state index contributed by atoms with van der Waals surface area (Å²) in [5, 5.41) is 41.3. The van der Waals surface area contributed by atoms with Gasteiger partial charge in [0, 0.05) is 23.3 Å². The van der Waals surface area contributed by atoms with Gasteiger partial charge in [0.05, 0.1) is 35.3 Å². The van der Waals surface area contributed by atoms with E-state index in [1.54, 1.807) is 0 Å². The molecule has 2 amide bonds. The van der Waals surface area contributed by atoms with Crippen molar-refractivity contribution in [1.29, 1.82) is 0 Å². The maximum atomic E-state index is 13.2. The Bertz CT molecular complexity index is 2330. The molecule has 1 unspecified atom stereocenters. The molecule has 0 saturated heterocycles. The predicted molar refractivity (Wildman–Crippen MR) is 220 cm³/mol. The van der Waals surface area contributed by atoms with Gasteiger partial charge in [-0.25, -0.2) is 29.2 Å². The molecular weight excluding hydrogens is 848 g/mol. The van der Waals surface area contributed by atoms with Crippen molar-refractivity contribution in [2.24, 2.45) is 32.9 Å². The van der Waals surface area contributed by atoms with Crippen LogP contribution in [0.4, 0.5) is 11.4 Å². The normalized spacial score (nSPS) is 11.3.